The van der Waals surface area contributed by atoms with Crippen LogP contribution in [0.4, 0.5) is 11.4 Å². The zero-order valence-corrected chi connectivity index (χ0v) is 21.2. The van der Waals surface area contributed by atoms with Crippen molar-refractivity contribution in [2.24, 2.45) is 0 Å². The second kappa shape index (κ2) is 10.4. The number of hydrogen-bond donors (Lipinski definition) is 3. The van der Waals surface area contributed by atoms with Crippen LogP contribution in [0, 0.1) is 11.8 Å². The van der Waals surface area contributed by atoms with Crippen molar-refractivity contribution in [1.82, 2.24) is 20.2 Å². The van der Waals surface area contributed by atoms with Crippen LogP contribution in [0.1, 0.15) is 29.4 Å². The molecule has 0 unspecified atom stereocenters. The highest BCUT2D eigenvalue weighted by molar-refractivity contribution is 6.32. The van der Waals surface area contributed by atoms with Crippen LogP contribution in [-0.4, -0.2) is 59.5 Å². The molecule has 1 saturated heterocycles. The normalized spacial score (nSPS) is 16.0. The molecule has 0 aliphatic carbocycles. The first kappa shape index (κ1) is 24.5. The standard InChI is InChI=1S/C27H26ClN5O4/c1-3-5-22(34)33-13-10-16(33)15-37-21-14-29-11-8-17(21)24-25(23-19(31-24)9-12-30-27(23)35)32-20-7-4-6-18(28)26(20)36-2/h4,6-8,11,14,16,31-32H,9-10,12-13,15H2,1-2H3,(H,30,35)/t16-/m0/s1. The Balaban J connectivity index is 1.51. The fraction of sp³-hybridized carbons (Fsp3) is 0.296. The number of anilines is 2. The van der Waals surface area contributed by atoms with E-state index in [9.17, 15) is 9.59 Å². The van der Waals surface area contributed by atoms with Gasteiger partial charge in [-0.25, -0.2) is 0 Å². The van der Waals surface area contributed by atoms with Crippen LogP contribution in [0.2, 0.25) is 5.02 Å². The minimum atomic E-state index is -0.196. The number of benzene rings is 1. The van der Waals surface area contributed by atoms with E-state index >= 15 is 0 Å². The zero-order valence-electron chi connectivity index (χ0n) is 20.5. The molecule has 0 bridgehead atoms. The van der Waals surface area contributed by atoms with Gasteiger partial charge in [0.05, 0.1) is 47.0 Å². The number of fused-ring (bicyclic) bond motifs is 1. The maximum atomic E-state index is 12.9. The predicted octanol–water partition coefficient (Wildman–Crippen LogP) is 3.77. The van der Waals surface area contributed by atoms with E-state index in [4.69, 9.17) is 21.1 Å². The number of likely N-dealkylation sites (tertiary alicyclic amines) is 1. The molecule has 1 atom stereocenters. The van der Waals surface area contributed by atoms with Crippen molar-refractivity contribution in [3.63, 3.8) is 0 Å². The molecule has 190 valence electrons. The number of para-hydroxylation sites is 1. The van der Waals surface area contributed by atoms with Gasteiger partial charge in [-0.15, -0.1) is 0 Å². The molecule has 2 aliphatic rings. The third-order valence-electron chi connectivity index (χ3n) is 6.52. The fourth-order valence-electron chi connectivity index (χ4n) is 4.60. The predicted molar refractivity (Wildman–Crippen MR) is 140 cm³/mol. The first-order valence-electron chi connectivity index (χ1n) is 11.9. The number of nitrogens with zero attached hydrogens (tertiary/aromatic N) is 2. The van der Waals surface area contributed by atoms with Crippen molar-refractivity contribution in [3.05, 3.63) is 52.9 Å². The van der Waals surface area contributed by atoms with Crippen LogP contribution in [-0.2, 0) is 11.2 Å². The Morgan fingerprint density at radius 2 is 2.22 bits per heavy atom. The van der Waals surface area contributed by atoms with Crippen molar-refractivity contribution >= 4 is 34.8 Å². The Labute approximate surface area is 219 Å². The quantitative estimate of drug-likeness (QED) is 0.410. The van der Waals surface area contributed by atoms with Crippen molar-refractivity contribution in [3.8, 4) is 34.6 Å². The summed E-state index contributed by atoms with van der Waals surface area (Å²) in [5, 5.41) is 6.74. The molecule has 1 aromatic carbocycles. The Bertz CT molecular complexity index is 1420. The first-order valence-corrected chi connectivity index (χ1v) is 12.3. The molecule has 0 spiro atoms. The van der Waals surface area contributed by atoms with Gasteiger partial charge in [0.2, 0.25) is 0 Å². The highest BCUT2D eigenvalue weighted by atomic mass is 35.5. The van der Waals surface area contributed by atoms with Gasteiger partial charge in [-0.1, -0.05) is 23.6 Å². The van der Waals surface area contributed by atoms with Gasteiger partial charge in [0, 0.05) is 37.0 Å². The number of carbonyl (C=O) groups excluding carboxylic acids is 2. The fourth-order valence-corrected chi connectivity index (χ4v) is 4.86. The minimum absolute atomic E-state index is 0.0580. The van der Waals surface area contributed by atoms with Crippen LogP contribution in [0.3, 0.4) is 0 Å². The number of carbonyl (C=O) groups is 2. The van der Waals surface area contributed by atoms with Crippen LogP contribution in [0.5, 0.6) is 11.5 Å². The lowest BCUT2D eigenvalue weighted by Gasteiger charge is -2.39. The van der Waals surface area contributed by atoms with Crippen LogP contribution < -0.4 is 20.1 Å². The van der Waals surface area contributed by atoms with Crippen LogP contribution >= 0.6 is 11.6 Å². The Morgan fingerprint density at radius 1 is 1.35 bits per heavy atom. The van der Waals surface area contributed by atoms with Crippen LogP contribution in [0.15, 0.2) is 36.7 Å². The van der Waals surface area contributed by atoms with Crippen molar-refractivity contribution < 1.29 is 19.1 Å². The molecule has 9 nitrogen and oxygen atoms in total. The van der Waals surface area contributed by atoms with E-state index in [0.29, 0.717) is 65.3 Å². The van der Waals surface area contributed by atoms with Crippen molar-refractivity contribution in [2.45, 2.75) is 25.8 Å². The number of H-pyrrole nitrogens is 1. The maximum absolute atomic E-state index is 12.9. The van der Waals surface area contributed by atoms with E-state index in [-0.39, 0.29) is 17.9 Å². The average molecular weight is 520 g/mol. The first-order chi connectivity index (χ1) is 18.0. The molecular formula is C27H26ClN5O4. The van der Waals surface area contributed by atoms with Gasteiger partial charge in [0.15, 0.2) is 5.75 Å². The highest BCUT2D eigenvalue weighted by Gasteiger charge is 2.33. The lowest BCUT2D eigenvalue weighted by atomic mass is 10.0. The number of rotatable bonds is 7. The zero-order chi connectivity index (χ0) is 25.9. The molecule has 2 aliphatic heterocycles. The van der Waals surface area contributed by atoms with E-state index < -0.39 is 0 Å². The number of aromatic nitrogens is 2. The monoisotopic (exact) mass is 519 g/mol. The molecule has 0 radical (unpaired) electrons. The van der Waals surface area contributed by atoms with Gasteiger partial charge in [0.25, 0.3) is 11.8 Å². The Hall–Kier alpha value is -4.16. The van der Waals surface area contributed by atoms with E-state index in [1.165, 1.54) is 0 Å². The molecule has 0 saturated carbocycles. The largest absolute Gasteiger partial charge is 0.493 e. The molecule has 5 rings (SSSR count). The van der Waals surface area contributed by atoms with Gasteiger partial charge in [0.1, 0.15) is 12.4 Å². The lowest BCUT2D eigenvalue weighted by molar-refractivity contribution is -0.133. The molecule has 2 aromatic heterocycles. The number of pyridine rings is 1. The molecule has 1 fully saturated rings. The third kappa shape index (κ3) is 4.68. The van der Waals surface area contributed by atoms with Gasteiger partial charge < -0.3 is 30.0 Å². The number of aromatic amines is 1. The SMILES string of the molecule is CC#CC(=O)N1CC[C@H]1COc1cnccc1-c1[nH]c2c(c1Nc1cccc(Cl)c1OC)C(=O)NCC2. The summed E-state index contributed by atoms with van der Waals surface area (Å²) in [4.78, 5) is 34.5. The minimum Gasteiger partial charge on any atom is -0.493 e. The van der Waals surface area contributed by atoms with Gasteiger partial charge >= 0.3 is 0 Å². The number of amides is 2. The summed E-state index contributed by atoms with van der Waals surface area (Å²) < 4.78 is 11.7. The summed E-state index contributed by atoms with van der Waals surface area (Å²) in [6.07, 6.45) is 4.80. The van der Waals surface area contributed by atoms with E-state index in [1.54, 1.807) is 37.4 Å². The Morgan fingerprint density at radius 3 is 2.97 bits per heavy atom. The summed E-state index contributed by atoms with van der Waals surface area (Å²) in [6.45, 7) is 3.15. The number of methoxy groups -OCH3 is 1. The summed E-state index contributed by atoms with van der Waals surface area (Å²) in [5.74, 6) is 5.87. The summed E-state index contributed by atoms with van der Waals surface area (Å²) >= 11 is 6.35. The molecule has 4 heterocycles. The van der Waals surface area contributed by atoms with Gasteiger partial charge in [-0.05, 0) is 37.5 Å². The van der Waals surface area contributed by atoms with Crippen LogP contribution in [0.25, 0.3) is 11.3 Å². The highest BCUT2D eigenvalue weighted by Crippen LogP contribution is 2.43. The number of nitrogens with one attached hydrogen (secondary N) is 3. The molecule has 3 aromatic rings. The molecule has 2 amide bonds. The topological polar surface area (TPSA) is 109 Å². The smallest absolute Gasteiger partial charge is 0.298 e. The number of halogens is 1. The van der Waals surface area contributed by atoms with E-state index in [1.807, 2.05) is 18.2 Å². The Kier molecular flexibility index (Phi) is 6.93. The van der Waals surface area contributed by atoms with Crippen molar-refractivity contribution in [1.29, 1.82) is 0 Å². The van der Waals surface area contributed by atoms with Gasteiger partial charge in [-0.2, -0.15) is 0 Å². The third-order valence-corrected chi connectivity index (χ3v) is 6.82. The summed E-state index contributed by atoms with van der Waals surface area (Å²) in [5.41, 5.74) is 3.96. The van der Waals surface area contributed by atoms with E-state index in [2.05, 4.69) is 32.4 Å². The van der Waals surface area contributed by atoms with E-state index in [0.717, 1.165) is 17.7 Å². The number of ether oxygens (including phenoxy) is 2. The van der Waals surface area contributed by atoms with Crippen molar-refractivity contribution in [2.75, 3.05) is 32.1 Å². The second-order valence-electron chi connectivity index (χ2n) is 8.68. The number of hydrogen-bond acceptors (Lipinski definition) is 6. The average Bonchev–Trinajstić information content (AvgIpc) is 3.23. The molecule has 37 heavy (non-hydrogen) atoms. The van der Waals surface area contributed by atoms with Gasteiger partial charge in [-0.3, -0.25) is 14.6 Å². The molecule has 3 N–H and O–H groups in total. The summed E-state index contributed by atoms with van der Waals surface area (Å²) in [6, 6.07) is 7.15. The summed E-state index contributed by atoms with van der Waals surface area (Å²) in [7, 11) is 1.54. The molecule has 10 heteroatoms. The molecular weight excluding hydrogens is 494 g/mol. The maximum Gasteiger partial charge on any atom is 0.298 e. The lowest BCUT2D eigenvalue weighted by Crippen LogP contribution is -2.53. The second-order valence-corrected chi connectivity index (χ2v) is 9.09.